The lowest BCUT2D eigenvalue weighted by atomic mass is 10.00. The van der Waals surface area contributed by atoms with E-state index in [0.717, 1.165) is 0 Å². The maximum atomic E-state index is 3.79. The van der Waals surface area contributed by atoms with E-state index in [1.165, 1.54) is 16.7 Å². The zero-order valence-electron chi connectivity index (χ0n) is 12.0. The molecule has 1 N–H and O–H groups in total. The lowest BCUT2D eigenvalue weighted by Crippen LogP contribution is -2.44. The Morgan fingerprint density at radius 3 is 2.56 bits per heavy atom. The summed E-state index contributed by atoms with van der Waals surface area (Å²) in [6, 6.07) is 9.05. The Morgan fingerprint density at radius 1 is 1.22 bits per heavy atom. The third-order valence-electron chi connectivity index (χ3n) is 3.31. The third kappa shape index (κ3) is 2.87. The molecular formula is C16H23NSi. The SMILES string of the molecule is CC1=Cc2ccccc2C1NC(C)(C)C=[Si](C)C. The summed E-state index contributed by atoms with van der Waals surface area (Å²) in [5, 5.41) is 3.79. The Kier molecular flexibility index (Phi) is 3.69. The molecule has 2 heteroatoms. The Hall–Kier alpha value is -0.993. The van der Waals surface area contributed by atoms with E-state index >= 15 is 0 Å². The van der Waals surface area contributed by atoms with Crippen LogP contribution in [0, 0.1) is 0 Å². The fourth-order valence-corrected chi connectivity index (χ4v) is 4.33. The van der Waals surface area contributed by atoms with Crippen LogP contribution in [0.15, 0.2) is 29.8 Å². The molecule has 1 aromatic rings. The predicted molar refractivity (Wildman–Crippen MR) is 83.6 cm³/mol. The number of benzene rings is 1. The first-order valence-corrected chi connectivity index (χ1v) is 9.18. The molecule has 0 spiro atoms. The van der Waals surface area contributed by atoms with E-state index in [9.17, 15) is 0 Å². The second kappa shape index (κ2) is 4.94. The molecule has 0 bridgehead atoms. The summed E-state index contributed by atoms with van der Waals surface area (Å²) in [4.78, 5) is 0. The highest BCUT2D eigenvalue weighted by molar-refractivity contribution is 6.64. The van der Waals surface area contributed by atoms with Crippen molar-refractivity contribution in [1.29, 1.82) is 0 Å². The van der Waals surface area contributed by atoms with Crippen molar-refractivity contribution in [3.63, 3.8) is 0 Å². The average Bonchev–Trinajstić information content (AvgIpc) is 2.53. The van der Waals surface area contributed by atoms with Crippen LogP contribution >= 0.6 is 0 Å². The fourth-order valence-electron chi connectivity index (χ4n) is 2.81. The number of rotatable bonds is 3. The van der Waals surface area contributed by atoms with E-state index in [-0.39, 0.29) is 13.9 Å². The molecule has 1 aromatic carbocycles. The monoisotopic (exact) mass is 257 g/mol. The topological polar surface area (TPSA) is 12.0 Å². The number of hydrogen-bond donors (Lipinski definition) is 1. The highest BCUT2D eigenvalue weighted by atomic mass is 28.2. The summed E-state index contributed by atoms with van der Waals surface area (Å²) in [5.74, 6) is 0. The van der Waals surface area contributed by atoms with Gasteiger partial charge >= 0.3 is 0 Å². The summed E-state index contributed by atoms with van der Waals surface area (Å²) >= 11 is 0. The zero-order valence-corrected chi connectivity index (χ0v) is 13.0. The minimum absolute atomic E-state index is 0.0923. The van der Waals surface area contributed by atoms with Gasteiger partial charge in [0.25, 0.3) is 0 Å². The minimum atomic E-state index is -0.333. The van der Waals surface area contributed by atoms with Gasteiger partial charge in [-0.2, -0.15) is 0 Å². The molecule has 0 fully saturated rings. The van der Waals surface area contributed by atoms with E-state index < -0.39 is 0 Å². The van der Waals surface area contributed by atoms with Gasteiger partial charge in [-0.15, -0.1) is 0 Å². The van der Waals surface area contributed by atoms with Gasteiger partial charge in [0.2, 0.25) is 0 Å². The molecule has 0 heterocycles. The van der Waals surface area contributed by atoms with E-state index in [1.54, 1.807) is 0 Å². The average molecular weight is 257 g/mol. The molecule has 1 atom stereocenters. The quantitative estimate of drug-likeness (QED) is 0.815. The first-order valence-electron chi connectivity index (χ1n) is 6.60. The summed E-state index contributed by atoms with van der Waals surface area (Å²) in [6.45, 7) is 11.4. The molecule has 0 aromatic heterocycles. The number of fused-ring (bicyclic) bond motifs is 1. The third-order valence-corrected chi connectivity index (χ3v) is 4.61. The van der Waals surface area contributed by atoms with Crippen LogP contribution in [0.4, 0.5) is 0 Å². The Labute approximate surface area is 112 Å². The second-order valence-corrected chi connectivity index (χ2v) is 8.48. The van der Waals surface area contributed by atoms with Crippen molar-refractivity contribution in [1.82, 2.24) is 5.32 Å². The molecule has 2 rings (SSSR count). The van der Waals surface area contributed by atoms with Crippen molar-refractivity contribution in [2.75, 3.05) is 0 Å². The number of nitrogens with one attached hydrogen (secondary N) is 1. The van der Waals surface area contributed by atoms with Gasteiger partial charge in [-0.3, -0.25) is 5.32 Å². The molecule has 18 heavy (non-hydrogen) atoms. The van der Waals surface area contributed by atoms with Gasteiger partial charge < -0.3 is 0 Å². The normalized spacial score (nSPS) is 18.3. The van der Waals surface area contributed by atoms with Crippen molar-refractivity contribution in [3.8, 4) is 0 Å². The molecule has 0 radical (unpaired) electrons. The van der Waals surface area contributed by atoms with Gasteiger partial charge in [-0.05, 0) is 31.9 Å². The highest BCUT2D eigenvalue weighted by Gasteiger charge is 2.26. The van der Waals surface area contributed by atoms with E-state index in [0.29, 0.717) is 6.04 Å². The predicted octanol–water partition coefficient (Wildman–Crippen LogP) is 3.65. The molecule has 0 saturated heterocycles. The van der Waals surface area contributed by atoms with Gasteiger partial charge in [0.15, 0.2) is 0 Å². The van der Waals surface area contributed by atoms with Crippen molar-refractivity contribution in [2.45, 2.75) is 45.4 Å². The van der Waals surface area contributed by atoms with Crippen molar-refractivity contribution in [2.24, 2.45) is 0 Å². The summed E-state index contributed by atoms with van der Waals surface area (Å²) < 4.78 is 0. The molecule has 96 valence electrons. The molecular weight excluding hydrogens is 234 g/mol. The second-order valence-electron chi connectivity index (χ2n) is 6.04. The lowest BCUT2D eigenvalue weighted by Gasteiger charge is -2.29. The van der Waals surface area contributed by atoms with Crippen LogP contribution < -0.4 is 5.32 Å². The van der Waals surface area contributed by atoms with Crippen molar-refractivity contribution in [3.05, 3.63) is 41.0 Å². The maximum Gasteiger partial charge on any atom is 0.0548 e. The standard InChI is InChI=1S/C16H23NSi/c1-12-10-13-8-6-7-9-14(13)15(12)17-16(2,3)11-18(4)5/h6-11,15,17H,1-5H3. The lowest BCUT2D eigenvalue weighted by molar-refractivity contribution is 0.469. The molecule has 1 unspecified atom stereocenters. The van der Waals surface area contributed by atoms with Crippen LogP contribution in [0.1, 0.15) is 37.9 Å². The summed E-state index contributed by atoms with van der Waals surface area (Å²) in [7, 11) is -0.333. The Bertz CT molecular complexity index is 508. The van der Waals surface area contributed by atoms with Crippen molar-refractivity contribution < 1.29 is 0 Å². The van der Waals surface area contributed by atoms with Crippen LogP contribution in [0.25, 0.3) is 6.08 Å². The first kappa shape index (κ1) is 13.4. The zero-order chi connectivity index (χ0) is 13.3. The first-order chi connectivity index (χ1) is 8.39. The van der Waals surface area contributed by atoms with Crippen LogP contribution in [0.3, 0.4) is 0 Å². The molecule has 0 saturated carbocycles. The molecule has 1 aliphatic rings. The van der Waals surface area contributed by atoms with Crippen LogP contribution in [-0.2, 0) is 0 Å². The van der Waals surface area contributed by atoms with Gasteiger partial charge in [-0.25, -0.2) is 0 Å². The smallest absolute Gasteiger partial charge is 0.0548 e. The maximum absolute atomic E-state index is 3.79. The van der Waals surface area contributed by atoms with Crippen LogP contribution in [-0.4, -0.2) is 19.6 Å². The largest absolute Gasteiger partial charge is 0.298 e. The van der Waals surface area contributed by atoms with Gasteiger partial charge in [0.1, 0.15) is 0 Å². The summed E-state index contributed by atoms with van der Waals surface area (Å²) in [6.07, 6.45) is 2.30. The molecule has 1 nitrogen and oxygen atoms in total. The fraction of sp³-hybridized carbons (Fsp3) is 0.438. The number of hydrogen-bond acceptors (Lipinski definition) is 1. The Balaban J connectivity index is 2.26. The Morgan fingerprint density at radius 2 is 1.89 bits per heavy atom. The van der Waals surface area contributed by atoms with Gasteiger partial charge in [0, 0.05) is 13.9 Å². The van der Waals surface area contributed by atoms with E-state index in [1.807, 2.05) is 0 Å². The minimum Gasteiger partial charge on any atom is -0.298 e. The van der Waals surface area contributed by atoms with Gasteiger partial charge in [-0.1, -0.05) is 54.7 Å². The van der Waals surface area contributed by atoms with Crippen LogP contribution in [0.2, 0.25) is 13.1 Å². The highest BCUT2D eigenvalue weighted by Crippen LogP contribution is 2.34. The van der Waals surface area contributed by atoms with E-state index in [4.69, 9.17) is 0 Å². The van der Waals surface area contributed by atoms with Gasteiger partial charge in [0.05, 0.1) is 6.04 Å². The van der Waals surface area contributed by atoms with Crippen molar-refractivity contribution >= 4 is 20.2 Å². The molecule has 1 aliphatic carbocycles. The molecule has 0 amide bonds. The van der Waals surface area contributed by atoms with E-state index in [2.05, 4.69) is 75.2 Å². The molecule has 0 aliphatic heterocycles. The summed E-state index contributed by atoms with van der Waals surface area (Å²) in [5.41, 5.74) is 6.76. The van der Waals surface area contributed by atoms with Crippen LogP contribution in [0.5, 0.6) is 0 Å².